The van der Waals surface area contributed by atoms with Crippen LogP contribution in [0.1, 0.15) is 65.5 Å². The van der Waals surface area contributed by atoms with Crippen molar-refractivity contribution in [1.29, 1.82) is 0 Å². The standard InChI is InChI=1S/C17H20N4O2/c1-21-10-13(16(20-21)12-5-3-2-4-6-12)7-8-14-9-15(17(22)23)19-11-18-14/h7-12H,2-6H2,1H3,(H,22,23)/b8-7+. The van der Waals surface area contributed by atoms with Crippen LogP contribution in [0.2, 0.25) is 0 Å². The highest BCUT2D eigenvalue weighted by molar-refractivity contribution is 5.86. The number of rotatable bonds is 4. The van der Waals surface area contributed by atoms with Crippen molar-refractivity contribution in [3.63, 3.8) is 0 Å². The first kappa shape index (κ1) is 15.4. The van der Waals surface area contributed by atoms with E-state index in [1.807, 2.05) is 30.1 Å². The molecule has 1 fully saturated rings. The van der Waals surface area contributed by atoms with Gasteiger partial charge in [0, 0.05) is 24.7 Å². The van der Waals surface area contributed by atoms with Crippen molar-refractivity contribution >= 4 is 18.1 Å². The first-order valence-corrected chi connectivity index (χ1v) is 7.90. The Morgan fingerprint density at radius 1 is 1.26 bits per heavy atom. The molecule has 0 amide bonds. The Morgan fingerprint density at radius 3 is 2.78 bits per heavy atom. The maximum absolute atomic E-state index is 11.0. The Hall–Kier alpha value is -2.50. The van der Waals surface area contributed by atoms with Crippen molar-refractivity contribution in [3.05, 3.63) is 41.2 Å². The van der Waals surface area contributed by atoms with Gasteiger partial charge in [-0.25, -0.2) is 14.8 Å². The van der Waals surface area contributed by atoms with Gasteiger partial charge in [0.05, 0.1) is 11.4 Å². The average Bonchev–Trinajstić information content (AvgIpc) is 2.95. The molecular weight excluding hydrogens is 292 g/mol. The van der Waals surface area contributed by atoms with E-state index in [4.69, 9.17) is 5.11 Å². The number of hydrogen-bond acceptors (Lipinski definition) is 4. The highest BCUT2D eigenvalue weighted by Gasteiger charge is 2.20. The summed E-state index contributed by atoms with van der Waals surface area (Å²) in [7, 11) is 1.93. The largest absolute Gasteiger partial charge is 0.477 e. The number of aromatic nitrogens is 4. The lowest BCUT2D eigenvalue weighted by Crippen LogP contribution is -2.06. The molecule has 0 aliphatic heterocycles. The molecule has 0 atom stereocenters. The minimum Gasteiger partial charge on any atom is -0.477 e. The highest BCUT2D eigenvalue weighted by atomic mass is 16.4. The smallest absolute Gasteiger partial charge is 0.354 e. The lowest BCUT2D eigenvalue weighted by molar-refractivity contribution is 0.0690. The van der Waals surface area contributed by atoms with E-state index in [2.05, 4.69) is 15.1 Å². The number of carbonyl (C=O) groups is 1. The fraction of sp³-hybridized carbons (Fsp3) is 0.412. The molecule has 1 saturated carbocycles. The molecule has 0 bridgehead atoms. The second-order valence-electron chi connectivity index (χ2n) is 5.94. The molecule has 6 nitrogen and oxygen atoms in total. The topological polar surface area (TPSA) is 80.9 Å². The second-order valence-corrected chi connectivity index (χ2v) is 5.94. The van der Waals surface area contributed by atoms with Crippen LogP contribution in [0.4, 0.5) is 0 Å². The minimum atomic E-state index is -1.05. The van der Waals surface area contributed by atoms with Crippen LogP contribution in [0.25, 0.3) is 12.2 Å². The SMILES string of the molecule is Cn1cc(/C=C/c2cc(C(=O)O)ncn2)c(C2CCCCC2)n1. The predicted molar refractivity (Wildman–Crippen MR) is 87.0 cm³/mol. The van der Waals surface area contributed by atoms with Gasteiger partial charge >= 0.3 is 5.97 Å². The first-order valence-electron chi connectivity index (χ1n) is 7.90. The number of nitrogens with zero attached hydrogens (tertiary/aromatic N) is 4. The molecule has 3 rings (SSSR count). The number of hydrogen-bond donors (Lipinski definition) is 1. The molecule has 2 aromatic rings. The predicted octanol–water partition coefficient (Wildman–Crippen LogP) is 3.13. The molecule has 0 saturated heterocycles. The van der Waals surface area contributed by atoms with Gasteiger partial charge in [0.2, 0.25) is 0 Å². The summed E-state index contributed by atoms with van der Waals surface area (Å²) in [4.78, 5) is 18.8. The fourth-order valence-corrected chi connectivity index (χ4v) is 3.10. The van der Waals surface area contributed by atoms with E-state index in [9.17, 15) is 4.79 Å². The minimum absolute atomic E-state index is 0.00154. The van der Waals surface area contributed by atoms with Gasteiger partial charge in [-0.05, 0) is 31.1 Å². The Balaban J connectivity index is 1.84. The molecule has 0 radical (unpaired) electrons. The molecule has 2 aromatic heterocycles. The van der Waals surface area contributed by atoms with Gasteiger partial charge in [-0.3, -0.25) is 4.68 Å². The maximum Gasteiger partial charge on any atom is 0.354 e. The molecule has 1 aliphatic carbocycles. The number of carboxylic acids is 1. The van der Waals surface area contributed by atoms with Crippen LogP contribution in [0, 0.1) is 0 Å². The summed E-state index contributed by atoms with van der Waals surface area (Å²) in [6.07, 6.45) is 13.3. The maximum atomic E-state index is 11.0. The third kappa shape index (κ3) is 3.64. The monoisotopic (exact) mass is 312 g/mol. The normalized spacial score (nSPS) is 16.0. The Morgan fingerprint density at radius 2 is 2.04 bits per heavy atom. The Kier molecular flexibility index (Phi) is 4.50. The molecule has 6 heteroatoms. The van der Waals surface area contributed by atoms with Crippen LogP contribution in [0.5, 0.6) is 0 Å². The van der Waals surface area contributed by atoms with Crippen molar-refractivity contribution in [1.82, 2.24) is 19.7 Å². The Labute approximate surface area is 134 Å². The highest BCUT2D eigenvalue weighted by Crippen LogP contribution is 2.33. The molecule has 0 unspecified atom stereocenters. The van der Waals surface area contributed by atoms with Crippen molar-refractivity contribution in [2.75, 3.05) is 0 Å². The van der Waals surface area contributed by atoms with E-state index < -0.39 is 5.97 Å². The van der Waals surface area contributed by atoms with Gasteiger partial charge < -0.3 is 5.11 Å². The zero-order chi connectivity index (χ0) is 16.2. The summed E-state index contributed by atoms with van der Waals surface area (Å²) in [6.45, 7) is 0. The summed E-state index contributed by atoms with van der Waals surface area (Å²) in [6, 6.07) is 1.47. The summed E-state index contributed by atoms with van der Waals surface area (Å²) >= 11 is 0. The molecule has 1 aliphatic rings. The zero-order valence-corrected chi connectivity index (χ0v) is 13.1. The van der Waals surface area contributed by atoms with Gasteiger partial charge in [0.25, 0.3) is 0 Å². The van der Waals surface area contributed by atoms with E-state index >= 15 is 0 Å². The molecule has 1 N–H and O–H groups in total. The van der Waals surface area contributed by atoms with Gasteiger partial charge in [-0.2, -0.15) is 5.10 Å². The second kappa shape index (κ2) is 6.73. The van der Waals surface area contributed by atoms with Crippen molar-refractivity contribution < 1.29 is 9.90 Å². The van der Waals surface area contributed by atoms with Crippen LogP contribution in [-0.2, 0) is 7.05 Å². The van der Waals surface area contributed by atoms with Crippen molar-refractivity contribution in [2.24, 2.45) is 7.05 Å². The lowest BCUT2D eigenvalue weighted by atomic mass is 9.85. The summed E-state index contributed by atoms with van der Waals surface area (Å²) in [5.41, 5.74) is 2.79. The van der Waals surface area contributed by atoms with Gasteiger partial charge in [0.15, 0.2) is 5.69 Å². The van der Waals surface area contributed by atoms with Gasteiger partial charge in [0.1, 0.15) is 6.33 Å². The van der Waals surface area contributed by atoms with E-state index in [1.54, 1.807) is 0 Å². The quantitative estimate of drug-likeness (QED) is 0.938. The molecule has 0 aromatic carbocycles. The molecule has 0 spiro atoms. The molecule has 23 heavy (non-hydrogen) atoms. The molecular formula is C17H20N4O2. The van der Waals surface area contributed by atoms with E-state index in [0.717, 1.165) is 11.3 Å². The van der Waals surface area contributed by atoms with Crippen molar-refractivity contribution in [2.45, 2.75) is 38.0 Å². The third-order valence-electron chi connectivity index (χ3n) is 4.22. The summed E-state index contributed by atoms with van der Waals surface area (Å²) in [5.74, 6) is -0.532. The van der Waals surface area contributed by atoms with Crippen LogP contribution < -0.4 is 0 Å². The van der Waals surface area contributed by atoms with Crippen LogP contribution >= 0.6 is 0 Å². The van der Waals surface area contributed by atoms with Crippen molar-refractivity contribution in [3.8, 4) is 0 Å². The number of aryl methyl sites for hydroxylation is 1. The summed E-state index contributed by atoms with van der Waals surface area (Å²) < 4.78 is 1.84. The zero-order valence-electron chi connectivity index (χ0n) is 13.1. The summed E-state index contributed by atoms with van der Waals surface area (Å²) in [5, 5.41) is 13.6. The van der Waals surface area contributed by atoms with Gasteiger partial charge in [-0.15, -0.1) is 0 Å². The fourth-order valence-electron chi connectivity index (χ4n) is 3.10. The van der Waals surface area contributed by atoms with Gasteiger partial charge in [-0.1, -0.05) is 19.3 Å². The first-order chi connectivity index (χ1) is 11.1. The molecule has 120 valence electrons. The third-order valence-corrected chi connectivity index (χ3v) is 4.22. The van der Waals surface area contributed by atoms with Crippen LogP contribution in [-0.4, -0.2) is 30.8 Å². The van der Waals surface area contributed by atoms with E-state index in [-0.39, 0.29) is 5.69 Å². The Bertz CT molecular complexity index is 730. The number of aromatic carboxylic acids is 1. The van der Waals surface area contributed by atoms with E-state index in [0.29, 0.717) is 11.6 Å². The van der Waals surface area contributed by atoms with E-state index in [1.165, 1.54) is 44.5 Å². The average molecular weight is 312 g/mol. The lowest BCUT2D eigenvalue weighted by Gasteiger charge is -2.20. The number of carboxylic acid groups (broad SMARTS) is 1. The molecule has 2 heterocycles. The van der Waals surface area contributed by atoms with Crippen LogP contribution in [0.3, 0.4) is 0 Å². The van der Waals surface area contributed by atoms with Crippen LogP contribution in [0.15, 0.2) is 18.6 Å².